The summed E-state index contributed by atoms with van der Waals surface area (Å²) in [6.45, 7) is 6.96. The molecule has 1 aromatic carbocycles. The summed E-state index contributed by atoms with van der Waals surface area (Å²) in [6, 6.07) is 6.10. The minimum atomic E-state index is -3.21. The van der Waals surface area contributed by atoms with Gasteiger partial charge >= 0.3 is 0 Å². The molecule has 1 aromatic rings. The summed E-state index contributed by atoms with van der Waals surface area (Å²) in [5.41, 5.74) is 2.89. The number of aryl methyl sites for hydroxylation is 2. The van der Waals surface area contributed by atoms with Crippen LogP contribution in [0.15, 0.2) is 18.2 Å². The molecule has 0 bridgehead atoms. The van der Waals surface area contributed by atoms with Crippen molar-refractivity contribution in [3.63, 3.8) is 0 Å². The van der Waals surface area contributed by atoms with Gasteiger partial charge in [0, 0.05) is 19.1 Å². The zero-order valence-electron chi connectivity index (χ0n) is 11.1. The second-order valence-electron chi connectivity index (χ2n) is 4.99. The van der Waals surface area contributed by atoms with E-state index in [1.54, 1.807) is 4.31 Å². The van der Waals surface area contributed by atoms with E-state index in [9.17, 15) is 8.42 Å². The van der Waals surface area contributed by atoms with E-state index < -0.39 is 10.0 Å². The quantitative estimate of drug-likeness (QED) is 0.838. The molecule has 1 atom stereocenters. The van der Waals surface area contributed by atoms with Crippen LogP contribution in [0.1, 0.15) is 18.1 Å². The highest BCUT2D eigenvalue weighted by Gasteiger charge is 2.28. The molecule has 0 amide bonds. The molecule has 100 valence electrons. The largest absolute Gasteiger partial charge is 0.311 e. The van der Waals surface area contributed by atoms with Crippen molar-refractivity contribution in [3.05, 3.63) is 29.3 Å². The third-order valence-electron chi connectivity index (χ3n) is 3.26. The Balaban J connectivity index is 2.48. The summed E-state index contributed by atoms with van der Waals surface area (Å²) in [4.78, 5) is 0. The van der Waals surface area contributed by atoms with Gasteiger partial charge < -0.3 is 5.32 Å². The highest BCUT2D eigenvalue weighted by Crippen LogP contribution is 2.25. The summed E-state index contributed by atoms with van der Waals surface area (Å²) in [6.07, 6.45) is 0. The molecule has 0 aromatic heterocycles. The average molecular weight is 268 g/mol. The summed E-state index contributed by atoms with van der Waals surface area (Å²) < 4.78 is 26.2. The van der Waals surface area contributed by atoms with E-state index in [-0.39, 0.29) is 11.8 Å². The molecule has 1 saturated heterocycles. The van der Waals surface area contributed by atoms with Crippen LogP contribution < -0.4 is 9.62 Å². The van der Waals surface area contributed by atoms with Gasteiger partial charge in [-0.15, -0.1) is 0 Å². The van der Waals surface area contributed by atoms with Gasteiger partial charge in [0.15, 0.2) is 0 Å². The third kappa shape index (κ3) is 2.67. The molecule has 5 heteroatoms. The van der Waals surface area contributed by atoms with E-state index in [0.29, 0.717) is 13.1 Å². The van der Waals surface area contributed by atoms with Gasteiger partial charge in [0.25, 0.3) is 0 Å². The van der Waals surface area contributed by atoms with Crippen LogP contribution >= 0.6 is 0 Å². The van der Waals surface area contributed by atoms with Gasteiger partial charge in [-0.3, -0.25) is 4.31 Å². The number of hydrogen-bond donors (Lipinski definition) is 1. The first-order valence-corrected chi connectivity index (χ1v) is 7.82. The highest BCUT2D eigenvalue weighted by molar-refractivity contribution is 7.92. The van der Waals surface area contributed by atoms with Gasteiger partial charge in [0.05, 0.1) is 11.4 Å². The lowest BCUT2D eigenvalue weighted by Crippen LogP contribution is -2.38. The standard InChI is InChI=1S/C13H20N2O2S/c1-10-4-5-11(2)13(8-10)15-9-12(3)14-6-7-18(15,16)17/h4-5,8,12,14H,6-7,9H2,1-3H3. The maximum absolute atomic E-state index is 12.3. The van der Waals surface area contributed by atoms with Gasteiger partial charge in [-0.1, -0.05) is 12.1 Å². The van der Waals surface area contributed by atoms with Crippen LogP contribution in [0.4, 0.5) is 5.69 Å². The first kappa shape index (κ1) is 13.4. The number of sulfonamides is 1. The Morgan fingerprint density at radius 3 is 2.78 bits per heavy atom. The summed E-state index contributed by atoms with van der Waals surface area (Å²) in [5.74, 6) is 0.157. The number of benzene rings is 1. The molecule has 1 fully saturated rings. The lowest BCUT2D eigenvalue weighted by molar-refractivity contribution is 0.586. The number of rotatable bonds is 1. The van der Waals surface area contributed by atoms with Crippen LogP contribution in [0.2, 0.25) is 0 Å². The van der Waals surface area contributed by atoms with Crippen molar-refractivity contribution < 1.29 is 8.42 Å². The van der Waals surface area contributed by atoms with Crippen molar-refractivity contribution in [3.8, 4) is 0 Å². The van der Waals surface area contributed by atoms with Crippen molar-refractivity contribution in [1.82, 2.24) is 5.32 Å². The van der Waals surface area contributed by atoms with Crippen LogP contribution in [0, 0.1) is 13.8 Å². The predicted octanol–water partition coefficient (Wildman–Crippen LogP) is 1.43. The van der Waals surface area contributed by atoms with Gasteiger partial charge in [-0.05, 0) is 38.0 Å². The predicted molar refractivity (Wildman–Crippen MR) is 74.5 cm³/mol. The topological polar surface area (TPSA) is 49.4 Å². The van der Waals surface area contributed by atoms with Gasteiger partial charge in [0.1, 0.15) is 0 Å². The molecule has 18 heavy (non-hydrogen) atoms. The number of nitrogens with one attached hydrogen (secondary N) is 1. The SMILES string of the molecule is Cc1ccc(C)c(N2CC(C)NCCS2(=O)=O)c1. The Kier molecular flexibility index (Phi) is 3.64. The van der Waals surface area contributed by atoms with Crippen molar-refractivity contribution in [2.24, 2.45) is 0 Å². The van der Waals surface area contributed by atoms with Crippen LogP contribution in [0.25, 0.3) is 0 Å². The molecule has 2 rings (SSSR count). The van der Waals surface area contributed by atoms with Crippen molar-refractivity contribution in [2.45, 2.75) is 26.8 Å². The smallest absolute Gasteiger partial charge is 0.236 e. The number of anilines is 1. The minimum Gasteiger partial charge on any atom is -0.311 e. The molecule has 1 N–H and O–H groups in total. The molecular formula is C13H20N2O2S. The maximum atomic E-state index is 12.3. The Bertz CT molecular complexity index is 540. The molecule has 0 radical (unpaired) electrons. The summed E-state index contributed by atoms with van der Waals surface area (Å²) >= 11 is 0. The van der Waals surface area contributed by atoms with E-state index in [0.717, 1.165) is 16.8 Å². The lowest BCUT2D eigenvalue weighted by Gasteiger charge is -2.26. The van der Waals surface area contributed by atoms with E-state index in [2.05, 4.69) is 5.32 Å². The van der Waals surface area contributed by atoms with Crippen LogP contribution in [0.3, 0.4) is 0 Å². The highest BCUT2D eigenvalue weighted by atomic mass is 32.2. The van der Waals surface area contributed by atoms with Crippen LogP contribution in [-0.4, -0.2) is 33.3 Å². The fourth-order valence-corrected chi connectivity index (χ4v) is 3.75. The zero-order chi connectivity index (χ0) is 13.3. The molecule has 0 spiro atoms. The van der Waals surface area contributed by atoms with Gasteiger partial charge in [0.2, 0.25) is 10.0 Å². The number of hydrogen-bond acceptors (Lipinski definition) is 3. The molecule has 1 aliphatic rings. The average Bonchev–Trinajstić information content (AvgIpc) is 2.41. The van der Waals surface area contributed by atoms with E-state index in [1.165, 1.54) is 0 Å². The fraction of sp³-hybridized carbons (Fsp3) is 0.538. The molecule has 0 saturated carbocycles. The molecule has 1 heterocycles. The minimum absolute atomic E-state index is 0.157. The van der Waals surface area contributed by atoms with Crippen LogP contribution in [0.5, 0.6) is 0 Å². The Morgan fingerprint density at radius 1 is 1.33 bits per heavy atom. The fourth-order valence-electron chi connectivity index (χ4n) is 2.21. The van der Waals surface area contributed by atoms with E-state index in [4.69, 9.17) is 0 Å². The molecule has 1 unspecified atom stereocenters. The van der Waals surface area contributed by atoms with Gasteiger partial charge in [-0.2, -0.15) is 0 Å². The number of nitrogens with zero attached hydrogens (tertiary/aromatic N) is 1. The van der Waals surface area contributed by atoms with Gasteiger partial charge in [-0.25, -0.2) is 8.42 Å². The van der Waals surface area contributed by atoms with E-state index >= 15 is 0 Å². The third-order valence-corrected chi connectivity index (χ3v) is 5.00. The normalized spacial score (nSPS) is 23.7. The first-order chi connectivity index (χ1) is 8.40. The summed E-state index contributed by atoms with van der Waals surface area (Å²) in [5, 5.41) is 3.21. The zero-order valence-corrected chi connectivity index (χ0v) is 11.9. The van der Waals surface area contributed by atoms with Crippen molar-refractivity contribution >= 4 is 15.7 Å². The molecule has 1 aliphatic heterocycles. The Morgan fingerprint density at radius 2 is 2.06 bits per heavy atom. The summed E-state index contributed by atoms with van der Waals surface area (Å²) in [7, 11) is -3.21. The Hall–Kier alpha value is -1.07. The second-order valence-corrected chi connectivity index (χ2v) is 7.01. The molecular weight excluding hydrogens is 248 g/mol. The molecule has 4 nitrogen and oxygen atoms in total. The lowest BCUT2D eigenvalue weighted by atomic mass is 10.1. The monoisotopic (exact) mass is 268 g/mol. The van der Waals surface area contributed by atoms with Crippen molar-refractivity contribution in [2.75, 3.05) is 23.1 Å². The second kappa shape index (κ2) is 4.90. The first-order valence-electron chi connectivity index (χ1n) is 6.21. The van der Waals surface area contributed by atoms with E-state index in [1.807, 2.05) is 39.0 Å². The van der Waals surface area contributed by atoms with Crippen molar-refractivity contribution in [1.29, 1.82) is 0 Å². The molecule has 0 aliphatic carbocycles. The maximum Gasteiger partial charge on any atom is 0.236 e. The van der Waals surface area contributed by atoms with Crippen LogP contribution in [-0.2, 0) is 10.0 Å². The Labute approximate surface area is 109 Å².